The smallest absolute Gasteiger partial charge is 0.0900 e. The quantitative estimate of drug-likeness (QED) is 0.330. The first-order chi connectivity index (χ1) is 14.6. The Labute approximate surface area is 190 Å². The maximum atomic E-state index is 4.96. The van der Waals surface area contributed by atoms with Crippen LogP contribution in [-0.2, 0) is 10.8 Å². The Morgan fingerprint density at radius 2 is 1.29 bits per heavy atom. The zero-order chi connectivity index (χ0) is 22.2. The molecule has 0 amide bonds. The molecule has 0 bridgehead atoms. The van der Waals surface area contributed by atoms with E-state index in [1.54, 1.807) is 11.3 Å². The molecule has 0 aliphatic rings. The van der Waals surface area contributed by atoms with Crippen molar-refractivity contribution < 1.29 is 0 Å². The molecular formula is C28H30N2S. The maximum Gasteiger partial charge on any atom is 0.0900 e. The highest BCUT2D eigenvalue weighted by Gasteiger charge is 2.21. The molecule has 3 aromatic heterocycles. The summed E-state index contributed by atoms with van der Waals surface area (Å²) in [6, 6.07) is 21.6. The minimum absolute atomic E-state index is 0.0729. The monoisotopic (exact) mass is 426 g/mol. The molecule has 0 saturated heterocycles. The minimum Gasteiger partial charge on any atom is -0.255 e. The van der Waals surface area contributed by atoms with Crippen molar-refractivity contribution in [3.05, 3.63) is 83.4 Å². The largest absolute Gasteiger partial charge is 0.255 e. The number of benzene rings is 1. The summed E-state index contributed by atoms with van der Waals surface area (Å²) in [5, 5.41) is 2.10. The first kappa shape index (κ1) is 21.5. The fraction of sp³-hybridized carbons (Fsp3) is 0.286. The molecule has 31 heavy (non-hydrogen) atoms. The normalized spacial score (nSPS) is 12.2. The van der Waals surface area contributed by atoms with Gasteiger partial charge < -0.3 is 0 Å². The molecule has 3 heterocycles. The van der Waals surface area contributed by atoms with Gasteiger partial charge in [-0.3, -0.25) is 4.98 Å². The van der Waals surface area contributed by atoms with Gasteiger partial charge in [0, 0.05) is 6.20 Å². The van der Waals surface area contributed by atoms with Crippen LogP contribution in [0.2, 0.25) is 0 Å². The Morgan fingerprint density at radius 3 is 1.84 bits per heavy atom. The molecule has 0 unspecified atom stereocenters. The van der Waals surface area contributed by atoms with Crippen LogP contribution in [0, 0.1) is 0 Å². The van der Waals surface area contributed by atoms with Gasteiger partial charge in [-0.15, -0.1) is 11.3 Å². The van der Waals surface area contributed by atoms with Gasteiger partial charge >= 0.3 is 0 Å². The van der Waals surface area contributed by atoms with Crippen LogP contribution in [0.3, 0.4) is 0 Å². The van der Waals surface area contributed by atoms with Gasteiger partial charge in [-0.1, -0.05) is 71.9 Å². The fourth-order valence-electron chi connectivity index (χ4n) is 3.55. The summed E-state index contributed by atoms with van der Waals surface area (Å²) in [6.45, 7) is 13.7. The van der Waals surface area contributed by atoms with Gasteiger partial charge in [-0.25, -0.2) is 4.98 Å². The van der Waals surface area contributed by atoms with Gasteiger partial charge in [0.1, 0.15) is 0 Å². The van der Waals surface area contributed by atoms with Crippen molar-refractivity contribution in [3.8, 4) is 33.1 Å². The number of hydrogen-bond acceptors (Lipinski definition) is 3. The van der Waals surface area contributed by atoms with Crippen LogP contribution in [0.4, 0.5) is 0 Å². The molecule has 0 spiro atoms. The summed E-state index contributed by atoms with van der Waals surface area (Å²) in [4.78, 5) is 10.7. The summed E-state index contributed by atoms with van der Waals surface area (Å²) in [6.07, 6.45) is 1.83. The van der Waals surface area contributed by atoms with Gasteiger partial charge in [-0.05, 0) is 68.8 Å². The van der Waals surface area contributed by atoms with Gasteiger partial charge in [0.15, 0.2) is 0 Å². The van der Waals surface area contributed by atoms with E-state index in [9.17, 15) is 0 Å². The summed E-state index contributed by atoms with van der Waals surface area (Å²) < 4.78 is 0. The van der Waals surface area contributed by atoms with Crippen molar-refractivity contribution >= 4 is 11.3 Å². The molecule has 0 aliphatic heterocycles. The van der Waals surface area contributed by atoms with Gasteiger partial charge in [0.2, 0.25) is 0 Å². The third kappa shape index (κ3) is 4.77. The summed E-state index contributed by atoms with van der Waals surface area (Å²) in [7, 11) is 0. The highest BCUT2D eigenvalue weighted by Crippen LogP contribution is 2.36. The van der Waals surface area contributed by atoms with Crippen molar-refractivity contribution in [2.45, 2.75) is 52.4 Å². The maximum absolute atomic E-state index is 4.96. The van der Waals surface area contributed by atoms with Crippen molar-refractivity contribution in [2.24, 2.45) is 0 Å². The third-order valence-corrected chi connectivity index (χ3v) is 6.42. The number of hydrogen-bond donors (Lipinski definition) is 0. The number of thiophene rings is 1. The standard InChI is InChI=1S/C28H30N2S/c1-27(2,3)21-14-19(15-22(18-21)28(4,5)6)20-16-24(23-10-7-8-12-29-23)30-25(17-20)26-11-9-13-31-26/h7-18H,1-6H3. The second kappa shape index (κ2) is 8.05. The van der Waals surface area contributed by atoms with E-state index in [0.29, 0.717) is 0 Å². The Bertz CT molecular complexity index is 1150. The average molecular weight is 427 g/mol. The molecule has 0 N–H and O–H groups in total. The van der Waals surface area contributed by atoms with Crippen LogP contribution in [0.15, 0.2) is 72.2 Å². The topological polar surface area (TPSA) is 25.8 Å². The van der Waals surface area contributed by atoms with Crippen molar-refractivity contribution in [1.82, 2.24) is 9.97 Å². The lowest BCUT2D eigenvalue weighted by molar-refractivity contribution is 0.569. The van der Waals surface area contributed by atoms with Crippen LogP contribution >= 0.6 is 11.3 Å². The Kier molecular flexibility index (Phi) is 5.57. The van der Waals surface area contributed by atoms with Crippen molar-refractivity contribution in [3.63, 3.8) is 0 Å². The predicted octanol–water partition coefficient (Wildman–Crippen LogP) is 8.13. The molecule has 4 aromatic rings. The van der Waals surface area contributed by atoms with E-state index in [0.717, 1.165) is 17.1 Å². The van der Waals surface area contributed by atoms with Crippen molar-refractivity contribution in [2.75, 3.05) is 0 Å². The first-order valence-electron chi connectivity index (χ1n) is 10.7. The van der Waals surface area contributed by atoms with E-state index in [4.69, 9.17) is 4.98 Å². The Balaban J connectivity index is 1.96. The summed E-state index contributed by atoms with van der Waals surface area (Å²) in [5.74, 6) is 0. The number of nitrogens with zero attached hydrogens (tertiary/aromatic N) is 2. The Hall–Kier alpha value is -2.78. The summed E-state index contributed by atoms with van der Waals surface area (Å²) in [5.41, 5.74) is 8.04. The molecular weight excluding hydrogens is 396 g/mol. The zero-order valence-electron chi connectivity index (χ0n) is 19.2. The lowest BCUT2D eigenvalue weighted by Crippen LogP contribution is -2.16. The molecule has 0 fully saturated rings. The van der Waals surface area contributed by atoms with E-state index >= 15 is 0 Å². The van der Waals surface area contributed by atoms with Crippen LogP contribution < -0.4 is 0 Å². The zero-order valence-corrected chi connectivity index (χ0v) is 20.0. The third-order valence-electron chi connectivity index (χ3n) is 5.52. The lowest BCUT2D eigenvalue weighted by Gasteiger charge is -2.26. The molecule has 3 heteroatoms. The number of rotatable bonds is 3. The van der Waals surface area contributed by atoms with E-state index in [1.807, 2.05) is 24.4 Å². The Morgan fingerprint density at radius 1 is 0.645 bits per heavy atom. The van der Waals surface area contributed by atoms with Crippen LogP contribution in [0.25, 0.3) is 33.1 Å². The average Bonchev–Trinajstić information content (AvgIpc) is 3.27. The van der Waals surface area contributed by atoms with Gasteiger partial charge in [0.05, 0.1) is 22.0 Å². The summed E-state index contributed by atoms with van der Waals surface area (Å²) >= 11 is 1.72. The second-order valence-corrected chi connectivity index (χ2v) is 11.1. The highest BCUT2D eigenvalue weighted by molar-refractivity contribution is 7.13. The lowest BCUT2D eigenvalue weighted by atomic mass is 9.79. The SMILES string of the molecule is CC(C)(C)c1cc(-c2cc(-c3ccccn3)nc(-c3cccs3)c2)cc(C(C)(C)C)c1. The van der Waals surface area contributed by atoms with Gasteiger partial charge in [-0.2, -0.15) is 0 Å². The van der Waals surface area contributed by atoms with Crippen LogP contribution in [0.5, 0.6) is 0 Å². The molecule has 0 radical (unpaired) electrons. The number of pyridine rings is 2. The first-order valence-corrected chi connectivity index (χ1v) is 11.6. The van der Waals surface area contributed by atoms with E-state index in [2.05, 4.69) is 94.4 Å². The van der Waals surface area contributed by atoms with E-state index in [1.165, 1.54) is 27.1 Å². The predicted molar refractivity (Wildman–Crippen MR) is 134 cm³/mol. The molecule has 4 rings (SSSR count). The van der Waals surface area contributed by atoms with Crippen molar-refractivity contribution in [1.29, 1.82) is 0 Å². The fourth-order valence-corrected chi connectivity index (χ4v) is 4.24. The minimum atomic E-state index is 0.0729. The van der Waals surface area contributed by atoms with E-state index in [-0.39, 0.29) is 10.8 Å². The molecule has 0 atom stereocenters. The molecule has 158 valence electrons. The van der Waals surface area contributed by atoms with Crippen LogP contribution in [0.1, 0.15) is 52.7 Å². The molecule has 0 saturated carbocycles. The van der Waals surface area contributed by atoms with Gasteiger partial charge in [0.25, 0.3) is 0 Å². The highest BCUT2D eigenvalue weighted by atomic mass is 32.1. The molecule has 2 nitrogen and oxygen atoms in total. The molecule has 1 aromatic carbocycles. The number of aromatic nitrogens is 2. The second-order valence-electron chi connectivity index (χ2n) is 10.1. The van der Waals surface area contributed by atoms with E-state index < -0.39 is 0 Å². The molecule has 0 aliphatic carbocycles. The van der Waals surface area contributed by atoms with Crippen LogP contribution in [-0.4, -0.2) is 9.97 Å².